The van der Waals surface area contributed by atoms with Gasteiger partial charge in [0.1, 0.15) is 6.61 Å². The smallest absolute Gasteiger partial charge is 0.191 e. The van der Waals surface area contributed by atoms with Crippen molar-refractivity contribution in [2.45, 2.75) is 6.61 Å². The molecule has 0 atom stereocenters. The van der Waals surface area contributed by atoms with Gasteiger partial charge in [-0.05, 0) is 40.2 Å². The Morgan fingerprint density at radius 3 is 2.41 bits per heavy atom. The van der Waals surface area contributed by atoms with Crippen LogP contribution in [0.5, 0.6) is 5.75 Å². The van der Waals surface area contributed by atoms with E-state index in [-0.39, 0.29) is 12.4 Å². The number of nitrogens with zero attached hydrogens (tertiary/aromatic N) is 1. The average molecular weight is 300 g/mol. The van der Waals surface area contributed by atoms with Crippen LogP contribution in [0.15, 0.2) is 41.0 Å². The van der Waals surface area contributed by atoms with Crippen molar-refractivity contribution in [2.24, 2.45) is 0 Å². The molecule has 1 aromatic carbocycles. The SMILES string of the molecule is Fc1cccc(F)c1OCc1ccc(Br)cn1. The van der Waals surface area contributed by atoms with Crippen LogP contribution in [0, 0.1) is 11.6 Å². The number of para-hydroxylation sites is 1. The molecule has 0 amide bonds. The fourth-order valence-corrected chi connectivity index (χ4v) is 1.49. The highest BCUT2D eigenvalue weighted by atomic mass is 79.9. The third-order valence-electron chi connectivity index (χ3n) is 2.07. The molecule has 0 radical (unpaired) electrons. The molecular weight excluding hydrogens is 292 g/mol. The molecule has 2 rings (SSSR count). The molecule has 0 aliphatic rings. The summed E-state index contributed by atoms with van der Waals surface area (Å²) in [7, 11) is 0. The number of halogens is 3. The second kappa shape index (κ2) is 5.23. The van der Waals surface area contributed by atoms with Crippen LogP contribution in [0.3, 0.4) is 0 Å². The first-order valence-electron chi connectivity index (χ1n) is 4.84. The minimum Gasteiger partial charge on any atom is -0.481 e. The van der Waals surface area contributed by atoms with Crippen LogP contribution in [-0.4, -0.2) is 4.98 Å². The number of rotatable bonds is 3. The van der Waals surface area contributed by atoms with Crippen LogP contribution in [0.1, 0.15) is 5.69 Å². The van der Waals surface area contributed by atoms with Crippen LogP contribution in [0.2, 0.25) is 0 Å². The highest BCUT2D eigenvalue weighted by Gasteiger charge is 2.09. The van der Waals surface area contributed by atoms with Gasteiger partial charge in [-0.25, -0.2) is 8.78 Å². The van der Waals surface area contributed by atoms with E-state index in [4.69, 9.17) is 4.74 Å². The normalized spacial score (nSPS) is 10.3. The van der Waals surface area contributed by atoms with Crippen molar-refractivity contribution in [1.82, 2.24) is 4.98 Å². The minimum atomic E-state index is -0.720. The van der Waals surface area contributed by atoms with Gasteiger partial charge >= 0.3 is 0 Å². The molecule has 0 aliphatic carbocycles. The maximum atomic E-state index is 13.2. The summed E-state index contributed by atoms with van der Waals surface area (Å²) >= 11 is 3.24. The van der Waals surface area contributed by atoms with Crippen molar-refractivity contribution in [3.05, 3.63) is 58.3 Å². The van der Waals surface area contributed by atoms with Crippen LogP contribution >= 0.6 is 15.9 Å². The lowest BCUT2D eigenvalue weighted by atomic mass is 10.3. The van der Waals surface area contributed by atoms with E-state index in [1.165, 1.54) is 6.07 Å². The molecule has 0 bridgehead atoms. The van der Waals surface area contributed by atoms with Crippen LogP contribution in [0.4, 0.5) is 8.78 Å². The summed E-state index contributed by atoms with van der Waals surface area (Å²) in [6, 6.07) is 7.07. The van der Waals surface area contributed by atoms with E-state index in [0.29, 0.717) is 5.69 Å². The Kier molecular flexibility index (Phi) is 3.68. The van der Waals surface area contributed by atoms with Gasteiger partial charge in [0.05, 0.1) is 5.69 Å². The van der Waals surface area contributed by atoms with Crippen molar-refractivity contribution in [2.75, 3.05) is 0 Å². The molecule has 0 N–H and O–H groups in total. The van der Waals surface area contributed by atoms with Gasteiger partial charge in [-0.2, -0.15) is 0 Å². The van der Waals surface area contributed by atoms with Crippen LogP contribution in [-0.2, 0) is 6.61 Å². The summed E-state index contributed by atoms with van der Waals surface area (Å²) in [5, 5.41) is 0. The predicted molar refractivity (Wildman–Crippen MR) is 62.6 cm³/mol. The topological polar surface area (TPSA) is 22.1 Å². The summed E-state index contributed by atoms with van der Waals surface area (Å²) in [5.41, 5.74) is 0.593. The van der Waals surface area contributed by atoms with Gasteiger partial charge in [-0.1, -0.05) is 6.07 Å². The van der Waals surface area contributed by atoms with E-state index < -0.39 is 11.6 Å². The molecule has 0 saturated heterocycles. The number of pyridine rings is 1. The molecule has 1 heterocycles. The largest absolute Gasteiger partial charge is 0.481 e. The highest BCUT2D eigenvalue weighted by molar-refractivity contribution is 9.10. The number of hydrogen-bond donors (Lipinski definition) is 0. The van der Waals surface area contributed by atoms with E-state index in [0.717, 1.165) is 16.6 Å². The number of hydrogen-bond acceptors (Lipinski definition) is 2. The Bertz CT molecular complexity index is 496. The zero-order valence-corrected chi connectivity index (χ0v) is 10.2. The quantitative estimate of drug-likeness (QED) is 0.862. The van der Waals surface area contributed by atoms with Gasteiger partial charge in [0.15, 0.2) is 17.4 Å². The van der Waals surface area contributed by atoms with Gasteiger partial charge < -0.3 is 4.74 Å². The lowest BCUT2D eigenvalue weighted by Crippen LogP contribution is -2.01. The van der Waals surface area contributed by atoms with Crippen LogP contribution < -0.4 is 4.74 Å². The third kappa shape index (κ3) is 3.00. The van der Waals surface area contributed by atoms with Crippen molar-refractivity contribution in [3.63, 3.8) is 0 Å². The zero-order chi connectivity index (χ0) is 12.3. The Balaban J connectivity index is 2.10. The molecule has 17 heavy (non-hydrogen) atoms. The van der Waals surface area contributed by atoms with E-state index in [9.17, 15) is 8.78 Å². The molecule has 2 aromatic rings. The molecule has 88 valence electrons. The van der Waals surface area contributed by atoms with E-state index in [1.54, 1.807) is 18.3 Å². The van der Waals surface area contributed by atoms with Gasteiger partial charge in [0.2, 0.25) is 0 Å². The molecular formula is C12H8BrF2NO. The molecule has 1 aromatic heterocycles. The molecule has 5 heteroatoms. The second-order valence-electron chi connectivity index (χ2n) is 3.31. The zero-order valence-electron chi connectivity index (χ0n) is 8.66. The summed E-state index contributed by atoms with van der Waals surface area (Å²) in [5.74, 6) is -1.82. The summed E-state index contributed by atoms with van der Waals surface area (Å²) in [6.45, 7) is 0.0190. The van der Waals surface area contributed by atoms with Gasteiger partial charge in [-0.15, -0.1) is 0 Å². The van der Waals surface area contributed by atoms with Gasteiger partial charge in [0.25, 0.3) is 0 Å². The number of benzene rings is 1. The summed E-state index contributed by atoms with van der Waals surface area (Å²) < 4.78 is 32.3. The number of aromatic nitrogens is 1. The van der Waals surface area contributed by atoms with E-state index in [2.05, 4.69) is 20.9 Å². The lowest BCUT2D eigenvalue weighted by Gasteiger charge is -2.07. The first kappa shape index (κ1) is 12.0. The van der Waals surface area contributed by atoms with Gasteiger partial charge in [-0.3, -0.25) is 4.98 Å². The van der Waals surface area contributed by atoms with Crippen molar-refractivity contribution in [3.8, 4) is 5.75 Å². The number of ether oxygens (including phenoxy) is 1. The standard InChI is InChI=1S/C12H8BrF2NO/c13-8-4-5-9(16-6-8)7-17-12-10(14)2-1-3-11(12)15/h1-6H,7H2. The molecule has 0 unspecified atom stereocenters. The fraction of sp³-hybridized carbons (Fsp3) is 0.0833. The van der Waals surface area contributed by atoms with E-state index >= 15 is 0 Å². The molecule has 0 aliphatic heterocycles. The Morgan fingerprint density at radius 2 is 1.82 bits per heavy atom. The first-order chi connectivity index (χ1) is 8.16. The fourth-order valence-electron chi connectivity index (χ4n) is 1.26. The minimum absolute atomic E-state index is 0.0190. The van der Waals surface area contributed by atoms with Crippen molar-refractivity contribution in [1.29, 1.82) is 0 Å². The maximum absolute atomic E-state index is 13.2. The molecule has 2 nitrogen and oxygen atoms in total. The Hall–Kier alpha value is -1.49. The van der Waals surface area contributed by atoms with E-state index in [1.807, 2.05) is 0 Å². The second-order valence-corrected chi connectivity index (χ2v) is 4.22. The predicted octanol–water partition coefficient (Wildman–Crippen LogP) is 3.70. The molecule has 0 spiro atoms. The Morgan fingerprint density at radius 1 is 1.12 bits per heavy atom. The maximum Gasteiger partial charge on any atom is 0.191 e. The van der Waals surface area contributed by atoms with Gasteiger partial charge in [0, 0.05) is 10.7 Å². The third-order valence-corrected chi connectivity index (χ3v) is 2.54. The first-order valence-corrected chi connectivity index (χ1v) is 5.63. The molecule has 0 saturated carbocycles. The highest BCUT2D eigenvalue weighted by Crippen LogP contribution is 2.21. The lowest BCUT2D eigenvalue weighted by molar-refractivity contribution is 0.270. The average Bonchev–Trinajstić information content (AvgIpc) is 2.31. The van der Waals surface area contributed by atoms with Crippen molar-refractivity contribution < 1.29 is 13.5 Å². The Labute approximate surface area is 105 Å². The summed E-state index contributed by atoms with van der Waals surface area (Å²) in [4.78, 5) is 4.04. The summed E-state index contributed by atoms with van der Waals surface area (Å²) in [6.07, 6.45) is 1.59. The van der Waals surface area contributed by atoms with Crippen molar-refractivity contribution >= 4 is 15.9 Å². The van der Waals surface area contributed by atoms with Crippen LogP contribution in [0.25, 0.3) is 0 Å². The monoisotopic (exact) mass is 299 g/mol. The molecule has 0 fully saturated rings.